The van der Waals surface area contributed by atoms with Gasteiger partial charge in [0.25, 0.3) is 0 Å². The van der Waals surface area contributed by atoms with Crippen LogP contribution in [0.25, 0.3) is 0 Å². The number of rotatable bonds is 4. The summed E-state index contributed by atoms with van der Waals surface area (Å²) in [4.78, 5) is 0. The molecule has 0 aromatic heterocycles. The number of aliphatic hydroxyl groups excluding tert-OH is 1. The van der Waals surface area contributed by atoms with E-state index in [-0.39, 0.29) is 12.1 Å². The van der Waals surface area contributed by atoms with Gasteiger partial charge in [-0.05, 0) is 51.3 Å². The zero-order valence-corrected chi connectivity index (χ0v) is 13.5. The van der Waals surface area contributed by atoms with Gasteiger partial charge in [0.15, 0.2) is 0 Å². The summed E-state index contributed by atoms with van der Waals surface area (Å²) in [6.45, 7) is 10.1. The molecule has 1 aromatic rings. The Balaban J connectivity index is 3.43. The van der Waals surface area contributed by atoms with Crippen LogP contribution in [0.5, 0.6) is 5.75 Å². The summed E-state index contributed by atoms with van der Waals surface area (Å²) < 4.78 is 6.60. The molecule has 0 amide bonds. The number of aliphatic hydroxyl groups is 1. The third-order valence-electron chi connectivity index (χ3n) is 3.23. The van der Waals surface area contributed by atoms with E-state index < -0.39 is 0 Å². The van der Waals surface area contributed by atoms with Gasteiger partial charge in [-0.2, -0.15) is 0 Å². The van der Waals surface area contributed by atoms with Crippen molar-refractivity contribution in [2.24, 2.45) is 0 Å². The molecule has 0 saturated heterocycles. The van der Waals surface area contributed by atoms with Gasteiger partial charge in [-0.3, -0.25) is 0 Å². The van der Waals surface area contributed by atoms with E-state index in [1.54, 1.807) is 7.11 Å². The SMILES string of the molecule is COc1c(C)c(C)c(Br)c(C)c1NC(C)(C)CO. The first-order valence-electron chi connectivity index (χ1n) is 5.97. The van der Waals surface area contributed by atoms with Gasteiger partial charge < -0.3 is 15.2 Å². The molecule has 0 aliphatic rings. The number of hydrogen-bond donors (Lipinski definition) is 2. The first-order valence-corrected chi connectivity index (χ1v) is 6.76. The third-order valence-corrected chi connectivity index (χ3v) is 4.42. The maximum atomic E-state index is 9.39. The molecule has 2 N–H and O–H groups in total. The number of anilines is 1. The lowest BCUT2D eigenvalue weighted by Crippen LogP contribution is -2.35. The third kappa shape index (κ3) is 2.81. The fourth-order valence-corrected chi connectivity index (χ4v) is 2.36. The summed E-state index contributed by atoms with van der Waals surface area (Å²) in [7, 11) is 1.67. The molecule has 0 bridgehead atoms. The van der Waals surface area contributed by atoms with Gasteiger partial charge in [-0.1, -0.05) is 15.9 Å². The van der Waals surface area contributed by atoms with Crippen molar-refractivity contribution >= 4 is 21.6 Å². The largest absolute Gasteiger partial charge is 0.494 e. The Labute approximate surface area is 118 Å². The number of benzene rings is 1. The second-order valence-electron chi connectivity index (χ2n) is 5.26. The van der Waals surface area contributed by atoms with Gasteiger partial charge in [0.2, 0.25) is 0 Å². The number of methoxy groups -OCH3 is 1. The second kappa shape index (κ2) is 5.49. The quantitative estimate of drug-likeness (QED) is 0.892. The van der Waals surface area contributed by atoms with Gasteiger partial charge >= 0.3 is 0 Å². The number of hydrogen-bond acceptors (Lipinski definition) is 3. The molecule has 4 heteroatoms. The molecule has 3 nitrogen and oxygen atoms in total. The van der Waals surface area contributed by atoms with Crippen molar-refractivity contribution < 1.29 is 9.84 Å². The first kappa shape index (κ1) is 15.3. The minimum Gasteiger partial charge on any atom is -0.494 e. The zero-order chi connectivity index (χ0) is 14.1. The van der Waals surface area contributed by atoms with E-state index >= 15 is 0 Å². The molecule has 1 aromatic carbocycles. The topological polar surface area (TPSA) is 41.5 Å². The van der Waals surface area contributed by atoms with E-state index in [9.17, 15) is 5.11 Å². The van der Waals surface area contributed by atoms with Gasteiger partial charge in [0.05, 0.1) is 24.9 Å². The molecule has 0 heterocycles. The lowest BCUT2D eigenvalue weighted by atomic mass is 10.00. The van der Waals surface area contributed by atoms with Crippen LogP contribution in [0.15, 0.2) is 4.47 Å². The number of halogens is 1. The van der Waals surface area contributed by atoms with Crippen molar-refractivity contribution in [3.05, 3.63) is 21.2 Å². The molecule has 1 rings (SSSR count). The van der Waals surface area contributed by atoms with Crippen LogP contribution in [-0.2, 0) is 0 Å². The molecule has 0 spiro atoms. The monoisotopic (exact) mass is 315 g/mol. The van der Waals surface area contributed by atoms with Crippen molar-refractivity contribution in [2.75, 3.05) is 19.0 Å². The molecule has 0 fully saturated rings. The number of ether oxygens (including phenoxy) is 1. The van der Waals surface area contributed by atoms with Crippen molar-refractivity contribution in [3.63, 3.8) is 0 Å². The lowest BCUT2D eigenvalue weighted by Gasteiger charge is -2.29. The van der Waals surface area contributed by atoms with Crippen LogP contribution in [0.4, 0.5) is 5.69 Å². The van der Waals surface area contributed by atoms with Gasteiger partial charge in [-0.15, -0.1) is 0 Å². The molecule has 0 saturated carbocycles. The highest BCUT2D eigenvalue weighted by molar-refractivity contribution is 9.10. The minimum atomic E-state index is -0.390. The zero-order valence-electron chi connectivity index (χ0n) is 11.9. The number of nitrogens with one attached hydrogen (secondary N) is 1. The molecule has 0 radical (unpaired) electrons. The van der Waals surface area contributed by atoms with Crippen LogP contribution < -0.4 is 10.1 Å². The summed E-state index contributed by atoms with van der Waals surface area (Å²) in [6, 6.07) is 0. The highest BCUT2D eigenvalue weighted by Gasteiger charge is 2.23. The van der Waals surface area contributed by atoms with Crippen LogP contribution in [0, 0.1) is 20.8 Å². The Morgan fingerprint density at radius 1 is 1.17 bits per heavy atom. The Morgan fingerprint density at radius 3 is 2.17 bits per heavy atom. The smallest absolute Gasteiger partial charge is 0.145 e. The molecular formula is C14H22BrNO2. The van der Waals surface area contributed by atoms with Crippen molar-refractivity contribution in [1.29, 1.82) is 0 Å². The maximum absolute atomic E-state index is 9.39. The van der Waals surface area contributed by atoms with E-state index in [2.05, 4.69) is 28.2 Å². The molecule has 0 atom stereocenters. The fourth-order valence-electron chi connectivity index (χ4n) is 1.87. The highest BCUT2D eigenvalue weighted by atomic mass is 79.9. The Bertz CT molecular complexity index is 456. The Kier molecular flexibility index (Phi) is 4.67. The summed E-state index contributed by atoms with van der Waals surface area (Å²) in [5.74, 6) is 0.842. The predicted octanol–water partition coefficient (Wildman–Crippen LogP) is 3.57. The van der Waals surface area contributed by atoms with Gasteiger partial charge in [0.1, 0.15) is 5.75 Å². The van der Waals surface area contributed by atoms with E-state index in [1.807, 2.05) is 27.7 Å². The van der Waals surface area contributed by atoms with Crippen molar-refractivity contribution in [2.45, 2.75) is 40.2 Å². The molecule has 0 aliphatic carbocycles. The van der Waals surface area contributed by atoms with E-state index in [4.69, 9.17) is 4.74 Å². The van der Waals surface area contributed by atoms with Crippen LogP contribution >= 0.6 is 15.9 Å². The van der Waals surface area contributed by atoms with Gasteiger partial charge in [0, 0.05) is 4.47 Å². The summed E-state index contributed by atoms with van der Waals surface area (Å²) in [6.07, 6.45) is 0. The molecular weight excluding hydrogens is 294 g/mol. The standard InChI is InChI=1S/C14H22BrNO2/c1-8-9(2)13(18-6)12(10(3)11(8)15)16-14(4,5)7-17/h16-17H,7H2,1-6H3. The summed E-state index contributed by atoms with van der Waals surface area (Å²) in [5.41, 5.74) is 3.92. The average Bonchev–Trinajstić information content (AvgIpc) is 2.33. The van der Waals surface area contributed by atoms with Gasteiger partial charge in [-0.25, -0.2) is 0 Å². The van der Waals surface area contributed by atoms with E-state index in [0.29, 0.717) is 0 Å². The van der Waals surface area contributed by atoms with E-state index in [1.165, 1.54) is 5.56 Å². The Morgan fingerprint density at radius 2 is 1.72 bits per heavy atom. The van der Waals surface area contributed by atoms with Crippen LogP contribution in [0.3, 0.4) is 0 Å². The predicted molar refractivity (Wildman–Crippen MR) is 79.7 cm³/mol. The first-order chi connectivity index (χ1) is 8.25. The average molecular weight is 316 g/mol. The Hall–Kier alpha value is -0.740. The van der Waals surface area contributed by atoms with Crippen LogP contribution in [-0.4, -0.2) is 24.4 Å². The van der Waals surface area contributed by atoms with Crippen molar-refractivity contribution in [1.82, 2.24) is 0 Å². The summed E-state index contributed by atoms with van der Waals surface area (Å²) >= 11 is 3.62. The van der Waals surface area contributed by atoms with E-state index in [0.717, 1.165) is 27.0 Å². The maximum Gasteiger partial charge on any atom is 0.145 e. The normalized spacial score (nSPS) is 11.6. The van der Waals surface area contributed by atoms with Crippen LogP contribution in [0.2, 0.25) is 0 Å². The fraction of sp³-hybridized carbons (Fsp3) is 0.571. The molecule has 18 heavy (non-hydrogen) atoms. The molecule has 0 aliphatic heterocycles. The second-order valence-corrected chi connectivity index (χ2v) is 6.06. The van der Waals surface area contributed by atoms with Crippen molar-refractivity contribution in [3.8, 4) is 5.75 Å². The minimum absolute atomic E-state index is 0.0557. The molecule has 102 valence electrons. The van der Waals surface area contributed by atoms with Crippen LogP contribution in [0.1, 0.15) is 30.5 Å². The highest BCUT2D eigenvalue weighted by Crippen LogP contribution is 2.40. The summed E-state index contributed by atoms with van der Waals surface area (Å²) in [5, 5.41) is 12.7. The molecule has 0 unspecified atom stereocenters. The lowest BCUT2D eigenvalue weighted by molar-refractivity contribution is 0.233.